The highest BCUT2D eigenvalue weighted by Crippen LogP contribution is 2.28. The molecule has 0 saturated carbocycles. The first-order chi connectivity index (χ1) is 16.2. The number of carbonyl (C=O) groups excluding carboxylic acids is 1. The fraction of sp³-hybridized carbons (Fsp3) is 0.192. The molecule has 0 bridgehead atoms. The second-order valence-electron chi connectivity index (χ2n) is 8.16. The normalized spacial score (nSPS) is 11.6. The van der Waals surface area contributed by atoms with E-state index in [0.717, 1.165) is 33.3 Å². The Bertz CT molecular complexity index is 1460. The van der Waals surface area contributed by atoms with Gasteiger partial charge in [0, 0.05) is 23.2 Å². The van der Waals surface area contributed by atoms with Gasteiger partial charge in [-0.2, -0.15) is 0 Å². The van der Waals surface area contributed by atoms with Crippen LogP contribution >= 0.6 is 0 Å². The van der Waals surface area contributed by atoms with Gasteiger partial charge in [0.2, 0.25) is 10.0 Å². The van der Waals surface area contributed by atoms with Crippen LogP contribution in [0.3, 0.4) is 0 Å². The lowest BCUT2D eigenvalue weighted by molar-refractivity contribution is 0.0954. The first-order valence-corrected chi connectivity index (χ1v) is 12.4. The lowest BCUT2D eigenvalue weighted by Crippen LogP contribution is -2.25. The Labute approximate surface area is 198 Å². The van der Waals surface area contributed by atoms with Gasteiger partial charge >= 0.3 is 0 Å². The number of aromatic amines is 1. The number of aromatic nitrogens is 1. The maximum absolute atomic E-state index is 14.1. The van der Waals surface area contributed by atoms with Crippen molar-refractivity contribution in [3.8, 4) is 11.1 Å². The lowest BCUT2D eigenvalue weighted by Gasteiger charge is -2.08. The molecular weight excluding hydrogens is 453 g/mol. The molecule has 1 amide bonds. The van der Waals surface area contributed by atoms with Crippen LogP contribution in [0.2, 0.25) is 0 Å². The molecule has 6 nitrogen and oxygen atoms in total. The SMILES string of the molecule is CNS(=O)(=O)c1ccc(-c2ccc(C(=O)NCCc3c(C)[nH]c4c(F)ccc(C)c34)cc2)cc1. The van der Waals surface area contributed by atoms with Crippen molar-refractivity contribution < 1.29 is 17.6 Å². The molecule has 0 aliphatic rings. The van der Waals surface area contributed by atoms with E-state index in [1.807, 2.05) is 26.0 Å². The Hall–Kier alpha value is -3.49. The summed E-state index contributed by atoms with van der Waals surface area (Å²) in [7, 11) is -2.11. The van der Waals surface area contributed by atoms with Crippen LogP contribution in [0.4, 0.5) is 4.39 Å². The smallest absolute Gasteiger partial charge is 0.251 e. The predicted octanol–water partition coefficient (Wildman–Crippen LogP) is 4.47. The number of sulfonamides is 1. The average molecular weight is 480 g/mol. The highest BCUT2D eigenvalue weighted by Gasteiger charge is 2.15. The Kier molecular flexibility index (Phi) is 6.54. The predicted molar refractivity (Wildman–Crippen MR) is 132 cm³/mol. The van der Waals surface area contributed by atoms with Crippen molar-refractivity contribution in [2.24, 2.45) is 0 Å². The van der Waals surface area contributed by atoms with Crippen LogP contribution in [-0.2, 0) is 16.4 Å². The lowest BCUT2D eigenvalue weighted by atomic mass is 10.0. The largest absolute Gasteiger partial charge is 0.356 e. The average Bonchev–Trinajstić information content (AvgIpc) is 3.19. The first kappa shape index (κ1) is 23.7. The fourth-order valence-corrected chi connectivity index (χ4v) is 4.85. The standard InChI is InChI=1S/C26H26FN3O3S/c1-16-4-13-23(27)25-24(16)22(17(2)30-25)14-15-29-26(31)20-7-5-18(6-8-20)19-9-11-21(12-10-19)34(32,33)28-3/h4-13,28,30H,14-15H2,1-3H3,(H,29,31). The number of fused-ring (bicyclic) bond motifs is 1. The molecule has 0 aliphatic heterocycles. The molecule has 176 valence electrons. The van der Waals surface area contributed by atoms with E-state index in [1.165, 1.54) is 13.1 Å². The molecular formula is C26H26FN3O3S. The topological polar surface area (TPSA) is 91.1 Å². The molecule has 0 radical (unpaired) electrons. The quantitative estimate of drug-likeness (QED) is 0.365. The van der Waals surface area contributed by atoms with Crippen LogP contribution in [0.25, 0.3) is 22.0 Å². The zero-order valence-corrected chi connectivity index (χ0v) is 20.0. The number of carbonyl (C=O) groups is 1. The van der Waals surface area contributed by atoms with Crippen LogP contribution in [-0.4, -0.2) is 32.9 Å². The van der Waals surface area contributed by atoms with E-state index in [2.05, 4.69) is 15.0 Å². The summed E-state index contributed by atoms with van der Waals surface area (Å²) in [5.41, 5.74) is 5.65. The van der Waals surface area contributed by atoms with E-state index in [9.17, 15) is 17.6 Å². The molecule has 0 unspecified atom stereocenters. The minimum absolute atomic E-state index is 0.192. The van der Waals surface area contributed by atoms with Crippen molar-refractivity contribution in [1.29, 1.82) is 0 Å². The number of halogens is 1. The van der Waals surface area contributed by atoms with Crippen molar-refractivity contribution in [3.63, 3.8) is 0 Å². The maximum atomic E-state index is 14.1. The molecule has 3 N–H and O–H groups in total. The third-order valence-corrected chi connectivity index (χ3v) is 7.43. The second-order valence-corrected chi connectivity index (χ2v) is 10.0. The minimum Gasteiger partial charge on any atom is -0.356 e. The molecule has 0 saturated heterocycles. The minimum atomic E-state index is -3.48. The molecule has 8 heteroatoms. The van der Waals surface area contributed by atoms with Gasteiger partial charge in [0.1, 0.15) is 5.82 Å². The fourth-order valence-electron chi connectivity index (χ4n) is 4.12. The highest BCUT2D eigenvalue weighted by atomic mass is 32.2. The summed E-state index contributed by atoms with van der Waals surface area (Å²) in [5.74, 6) is -0.472. The number of hydrogen-bond acceptors (Lipinski definition) is 3. The van der Waals surface area contributed by atoms with E-state index >= 15 is 0 Å². The molecule has 0 aliphatic carbocycles. The number of hydrogen-bond donors (Lipinski definition) is 3. The number of H-pyrrole nitrogens is 1. The van der Waals surface area contributed by atoms with E-state index in [-0.39, 0.29) is 16.6 Å². The van der Waals surface area contributed by atoms with Gasteiger partial charge in [0.05, 0.1) is 10.4 Å². The summed E-state index contributed by atoms with van der Waals surface area (Å²) in [6, 6.07) is 16.9. The van der Waals surface area contributed by atoms with Crippen molar-refractivity contribution in [2.45, 2.75) is 25.2 Å². The summed E-state index contributed by atoms with van der Waals surface area (Å²) < 4.78 is 40.2. The van der Waals surface area contributed by atoms with E-state index in [4.69, 9.17) is 0 Å². The number of aryl methyl sites for hydroxylation is 2. The molecule has 0 atom stereocenters. The summed E-state index contributed by atoms with van der Waals surface area (Å²) in [5, 5.41) is 3.81. The van der Waals surface area contributed by atoms with Crippen molar-refractivity contribution in [1.82, 2.24) is 15.0 Å². The van der Waals surface area contributed by atoms with Gasteiger partial charge in [-0.25, -0.2) is 17.5 Å². The highest BCUT2D eigenvalue weighted by molar-refractivity contribution is 7.89. The third-order valence-electron chi connectivity index (χ3n) is 6.00. The van der Waals surface area contributed by atoms with Crippen molar-refractivity contribution in [3.05, 3.63) is 88.9 Å². The van der Waals surface area contributed by atoms with Crippen molar-refractivity contribution in [2.75, 3.05) is 13.6 Å². The summed E-state index contributed by atoms with van der Waals surface area (Å²) >= 11 is 0. The monoisotopic (exact) mass is 479 g/mol. The van der Waals surface area contributed by atoms with Gasteiger partial charge in [-0.1, -0.05) is 30.3 Å². The van der Waals surface area contributed by atoms with Crippen LogP contribution in [0, 0.1) is 19.7 Å². The van der Waals surface area contributed by atoms with Crippen LogP contribution in [0.5, 0.6) is 0 Å². The van der Waals surface area contributed by atoms with Gasteiger partial charge < -0.3 is 10.3 Å². The van der Waals surface area contributed by atoms with Crippen LogP contribution in [0.1, 0.15) is 27.2 Å². The van der Waals surface area contributed by atoms with Crippen molar-refractivity contribution >= 4 is 26.8 Å². The number of nitrogens with one attached hydrogen (secondary N) is 3. The molecule has 34 heavy (non-hydrogen) atoms. The summed E-state index contributed by atoms with van der Waals surface area (Å²) in [6.45, 7) is 4.28. The van der Waals surface area contributed by atoms with Crippen LogP contribution < -0.4 is 10.0 Å². The molecule has 0 fully saturated rings. The summed E-state index contributed by atoms with van der Waals surface area (Å²) in [4.78, 5) is 15.9. The second kappa shape index (κ2) is 9.40. The number of rotatable bonds is 7. The first-order valence-electron chi connectivity index (χ1n) is 10.9. The number of amides is 1. The Morgan fingerprint density at radius 3 is 2.18 bits per heavy atom. The van der Waals surface area contributed by atoms with Gasteiger partial charge in [-0.05, 0) is 79.9 Å². The zero-order chi connectivity index (χ0) is 24.5. The van der Waals surface area contributed by atoms with Gasteiger partial charge in [0.25, 0.3) is 5.91 Å². The molecule has 4 aromatic rings. The molecule has 1 heterocycles. The van der Waals surface area contributed by atoms with E-state index < -0.39 is 10.0 Å². The van der Waals surface area contributed by atoms with Gasteiger partial charge in [0.15, 0.2) is 0 Å². The van der Waals surface area contributed by atoms with E-state index in [1.54, 1.807) is 42.5 Å². The van der Waals surface area contributed by atoms with Gasteiger partial charge in [-0.3, -0.25) is 4.79 Å². The Morgan fingerprint density at radius 1 is 0.941 bits per heavy atom. The maximum Gasteiger partial charge on any atom is 0.251 e. The third kappa shape index (κ3) is 4.60. The Balaban J connectivity index is 1.42. The summed E-state index contributed by atoms with van der Waals surface area (Å²) in [6.07, 6.45) is 0.585. The zero-order valence-electron chi connectivity index (χ0n) is 19.2. The molecule has 4 rings (SSSR count). The number of benzene rings is 3. The molecule has 1 aromatic heterocycles. The van der Waals surface area contributed by atoms with E-state index in [0.29, 0.717) is 24.0 Å². The van der Waals surface area contributed by atoms with Gasteiger partial charge in [-0.15, -0.1) is 0 Å². The molecule has 0 spiro atoms. The Morgan fingerprint density at radius 2 is 1.56 bits per heavy atom. The molecule has 3 aromatic carbocycles. The van der Waals surface area contributed by atoms with Crippen LogP contribution in [0.15, 0.2) is 65.6 Å².